The molecule has 1 aromatic heterocycles. The average molecular weight is 266 g/mol. The van der Waals surface area contributed by atoms with Gasteiger partial charge in [-0.2, -0.15) is 0 Å². The molecule has 0 aliphatic carbocycles. The van der Waals surface area contributed by atoms with Crippen LogP contribution >= 0.6 is 0 Å². The van der Waals surface area contributed by atoms with Crippen molar-refractivity contribution in [3.8, 4) is 0 Å². The van der Waals surface area contributed by atoms with Gasteiger partial charge in [-0.1, -0.05) is 6.07 Å². The van der Waals surface area contributed by atoms with Crippen molar-refractivity contribution in [3.63, 3.8) is 0 Å². The van der Waals surface area contributed by atoms with Crippen LogP contribution in [0.15, 0.2) is 24.5 Å². The van der Waals surface area contributed by atoms with E-state index < -0.39 is 23.5 Å². The lowest BCUT2D eigenvalue weighted by Crippen LogP contribution is -2.06. The van der Waals surface area contributed by atoms with E-state index in [0.717, 1.165) is 18.5 Å². The fourth-order valence-corrected chi connectivity index (χ4v) is 1.50. The molecule has 8 heteroatoms. The minimum atomic E-state index is -1.59. The Hall–Kier alpha value is -2.51. The summed E-state index contributed by atoms with van der Waals surface area (Å²) in [4.78, 5) is 10.6. The summed E-state index contributed by atoms with van der Waals surface area (Å²) in [5.74, 6) is -2.49. The summed E-state index contributed by atoms with van der Waals surface area (Å²) >= 11 is 0. The van der Waals surface area contributed by atoms with Gasteiger partial charge >= 0.3 is 5.97 Å². The van der Waals surface area contributed by atoms with Gasteiger partial charge in [0.1, 0.15) is 5.82 Å². The second-order valence-electron chi connectivity index (χ2n) is 3.70. The number of aromatic carboxylic acids is 1. The van der Waals surface area contributed by atoms with Crippen LogP contribution in [0, 0.1) is 5.82 Å². The maximum Gasteiger partial charge on any atom is 0.338 e. The van der Waals surface area contributed by atoms with E-state index >= 15 is 0 Å². The quantitative estimate of drug-likeness (QED) is 0.898. The van der Waals surface area contributed by atoms with Crippen molar-refractivity contribution in [1.29, 1.82) is 0 Å². The van der Waals surface area contributed by atoms with Crippen molar-refractivity contribution in [2.24, 2.45) is 0 Å². The molecule has 0 aliphatic rings. The third kappa shape index (κ3) is 3.03. The van der Waals surface area contributed by atoms with Crippen molar-refractivity contribution in [2.75, 3.05) is 0 Å². The van der Waals surface area contributed by atoms with Gasteiger partial charge in [0.15, 0.2) is 12.5 Å². The van der Waals surface area contributed by atoms with Crippen LogP contribution in [-0.2, 0) is 6.42 Å². The number of carboxylic acids is 1. The standard InChI is InChI=1S/C11H8F2N4O2/c12-8-3-6(1-2-7(8)11(18)19)4-9(13)10-16-14-5-15-17-10/h1-3,5,9H,4H2,(H,18,19). The summed E-state index contributed by atoms with van der Waals surface area (Å²) in [6.07, 6.45) is -0.710. The Balaban J connectivity index is 2.16. The van der Waals surface area contributed by atoms with E-state index in [2.05, 4.69) is 20.4 Å². The third-order valence-corrected chi connectivity index (χ3v) is 2.38. The number of hydrogen-bond acceptors (Lipinski definition) is 5. The Morgan fingerprint density at radius 3 is 2.58 bits per heavy atom. The molecule has 2 rings (SSSR count). The predicted molar refractivity (Wildman–Crippen MR) is 58.5 cm³/mol. The van der Waals surface area contributed by atoms with Crippen molar-refractivity contribution >= 4 is 5.97 Å². The van der Waals surface area contributed by atoms with Gasteiger partial charge in [-0.25, -0.2) is 13.6 Å². The molecule has 0 fully saturated rings. The van der Waals surface area contributed by atoms with Crippen molar-refractivity contribution < 1.29 is 18.7 Å². The number of alkyl halides is 1. The minimum Gasteiger partial charge on any atom is -0.478 e. The summed E-state index contributed by atoms with van der Waals surface area (Å²) < 4.78 is 27.2. The molecule has 0 spiro atoms. The zero-order valence-electron chi connectivity index (χ0n) is 9.49. The Morgan fingerprint density at radius 1 is 1.32 bits per heavy atom. The van der Waals surface area contributed by atoms with Gasteiger partial charge in [0.25, 0.3) is 0 Å². The van der Waals surface area contributed by atoms with E-state index in [0.29, 0.717) is 5.56 Å². The smallest absolute Gasteiger partial charge is 0.338 e. The number of rotatable bonds is 4. The van der Waals surface area contributed by atoms with Gasteiger partial charge in [-0.3, -0.25) is 0 Å². The fourth-order valence-electron chi connectivity index (χ4n) is 1.50. The van der Waals surface area contributed by atoms with Gasteiger partial charge in [0.2, 0.25) is 5.82 Å². The molecule has 0 saturated heterocycles. The molecule has 0 bridgehead atoms. The molecule has 1 unspecified atom stereocenters. The summed E-state index contributed by atoms with van der Waals surface area (Å²) in [6.45, 7) is 0. The normalized spacial score (nSPS) is 12.1. The highest BCUT2D eigenvalue weighted by Crippen LogP contribution is 2.20. The van der Waals surface area contributed by atoms with Crippen molar-refractivity contribution in [3.05, 3.63) is 47.3 Å². The monoisotopic (exact) mass is 266 g/mol. The number of carboxylic acid groups (broad SMARTS) is 1. The fraction of sp³-hybridized carbons (Fsp3) is 0.182. The van der Waals surface area contributed by atoms with Crippen LogP contribution in [-0.4, -0.2) is 31.5 Å². The van der Waals surface area contributed by atoms with Gasteiger partial charge in [0, 0.05) is 6.42 Å². The second kappa shape index (κ2) is 5.42. The Kier molecular flexibility index (Phi) is 3.69. The summed E-state index contributed by atoms with van der Waals surface area (Å²) in [5, 5.41) is 22.4. The van der Waals surface area contributed by atoms with Gasteiger partial charge < -0.3 is 5.11 Å². The molecule has 0 radical (unpaired) electrons. The van der Waals surface area contributed by atoms with Crippen LogP contribution < -0.4 is 0 Å². The molecule has 19 heavy (non-hydrogen) atoms. The van der Waals surface area contributed by atoms with E-state index in [1.54, 1.807) is 0 Å². The van der Waals surface area contributed by atoms with Crippen LogP contribution in [0.1, 0.15) is 27.9 Å². The van der Waals surface area contributed by atoms with E-state index in [9.17, 15) is 13.6 Å². The first-order valence-electron chi connectivity index (χ1n) is 5.24. The number of benzene rings is 1. The van der Waals surface area contributed by atoms with E-state index in [-0.39, 0.29) is 12.2 Å². The van der Waals surface area contributed by atoms with Crippen LogP contribution in [0.25, 0.3) is 0 Å². The third-order valence-electron chi connectivity index (χ3n) is 2.38. The van der Waals surface area contributed by atoms with Crippen LogP contribution in [0.4, 0.5) is 8.78 Å². The average Bonchev–Trinajstić information content (AvgIpc) is 2.39. The molecule has 0 amide bonds. The summed E-state index contributed by atoms with van der Waals surface area (Å²) in [6, 6.07) is 3.39. The Bertz CT molecular complexity index is 595. The number of aromatic nitrogens is 4. The lowest BCUT2D eigenvalue weighted by Gasteiger charge is -2.06. The first-order valence-corrected chi connectivity index (χ1v) is 5.24. The molecule has 0 saturated carbocycles. The maximum atomic E-state index is 13.8. The topological polar surface area (TPSA) is 88.9 Å². The van der Waals surface area contributed by atoms with Crippen molar-refractivity contribution in [2.45, 2.75) is 12.6 Å². The predicted octanol–water partition coefficient (Wildman–Crippen LogP) is 1.36. The molecule has 0 aliphatic heterocycles. The highest BCUT2D eigenvalue weighted by molar-refractivity contribution is 5.87. The lowest BCUT2D eigenvalue weighted by atomic mass is 10.1. The molecule has 1 N–H and O–H groups in total. The van der Waals surface area contributed by atoms with Gasteiger partial charge in [-0.05, 0) is 17.7 Å². The Morgan fingerprint density at radius 2 is 2.00 bits per heavy atom. The number of nitrogens with zero attached hydrogens (tertiary/aromatic N) is 4. The summed E-state index contributed by atoms with van der Waals surface area (Å²) in [7, 11) is 0. The molecule has 98 valence electrons. The highest BCUT2D eigenvalue weighted by atomic mass is 19.1. The molecular formula is C11H8F2N4O2. The van der Waals surface area contributed by atoms with Gasteiger partial charge in [0.05, 0.1) is 5.56 Å². The Labute approximate surface area is 106 Å². The number of halogens is 2. The lowest BCUT2D eigenvalue weighted by molar-refractivity contribution is 0.0692. The molecule has 1 atom stereocenters. The van der Waals surface area contributed by atoms with Crippen LogP contribution in [0.2, 0.25) is 0 Å². The van der Waals surface area contributed by atoms with Gasteiger partial charge in [-0.15, -0.1) is 20.4 Å². The molecule has 6 nitrogen and oxygen atoms in total. The molecular weight excluding hydrogens is 258 g/mol. The molecule has 1 aromatic carbocycles. The van der Waals surface area contributed by atoms with Crippen molar-refractivity contribution in [1.82, 2.24) is 20.4 Å². The molecule has 1 heterocycles. The van der Waals surface area contributed by atoms with E-state index in [1.807, 2.05) is 0 Å². The molecule has 2 aromatic rings. The van der Waals surface area contributed by atoms with E-state index in [1.165, 1.54) is 6.07 Å². The maximum absolute atomic E-state index is 13.8. The minimum absolute atomic E-state index is 0.190. The zero-order chi connectivity index (χ0) is 13.8. The highest BCUT2D eigenvalue weighted by Gasteiger charge is 2.17. The second-order valence-corrected chi connectivity index (χ2v) is 3.70. The van der Waals surface area contributed by atoms with Crippen LogP contribution in [0.5, 0.6) is 0 Å². The van der Waals surface area contributed by atoms with E-state index in [4.69, 9.17) is 5.11 Å². The zero-order valence-corrected chi connectivity index (χ0v) is 9.49. The largest absolute Gasteiger partial charge is 0.478 e. The van der Waals surface area contributed by atoms with Crippen LogP contribution in [0.3, 0.4) is 0 Å². The first-order chi connectivity index (χ1) is 9.08. The first kappa shape index (κ1) is 12.9. The number of hydrogen-bond donors (Lipinski definition) is 1. The summed E-state index contributed by atoms with van der Waals surface area (Å²) in [5.41, 5.74) is -0.166. The SMILES string of the molecule is O=C(O)c1ccc(CC(F)c2nncnn2)cc1F. The number of carbonyl (C=O) groups is 1.